The zero-order chi connectivity index (χ0) is 20.3. The molecule has 1 aromatic rings. The number of aryl methyl sites for hydroxylation is 2. The van der Waals surface area contributed by atoms with Crippen molar-refractivity contribution in [2.45, 2.75) is 44.6 Å². The Hall–Kier alpha value is -1.19. The van der Waals surface area contributed by atoms with Gasteiger partial charge in [0.1, 0.15) is 18.5 Å². The number of aliphatic hydroxyl groups is 1. The van der Waals surface area contributed by atoms with Gasteiger partial charge in [0.15, 0.2) is 0 Å². The van der Waals surface area contributed by atoms with E-state index in [0.29, 0.717) is 45.8 Å². The van der Waals surface area contributed by atoms with E-state index in [9.17, 15) is 13.5 Å². The largest absolute Gasteiger partial charge is 0.491 e. The predicted molar refractivity (Wildman–Crippen MR) is 112 cm³/mol. The number of nitrogens with zero attached hydrogens (tertiary/aromatic N) is 3. The fourth-order valence-electron chi connectivity index (χ4n) is 4.58. The van der Waals surface area contributed by atoms with Crippen LogP contribution < -0.4 is 4.74 Å². The lowest BCUT2D eigenvalue weighted by molar-refractivity contribution is 0.0561. The summed E-state index contributed by atoms with van der Waals surface area (Å²) in [7, 11) is -3.34. The van der Waals surface area contributed by atoms with Gasteiger partial charge in [0.2, 0.25) is 0 Å². The Balaban J connectivity index is 1.21. The molecule has 3 aliphatic rings. The van der Waals surface area contributed by atoms with Crippen molar-refractivity contribution in [2.24, 2.45) is 0 Å². The van der Waals surface area contributed by atoms with Gasteiger partial charge in [-0.05, 0) is 55.4 Å². The molecule has 2 saturated heterocycles. The van der Waals surface area contributed by atoms with Crippen molar-refractivity contribution in [3.63, 3.8) is 0 Å². The van der Waals surface area contributed by atoms with Crippen LogP contribution >= 0.6 is 0 Å². The fourth-order valence-corrected chi connectivity index (χ4v) is 6.25. The number of fused-ring (bicyclic) bond motifs is 1. The van der Waals surface area contributed by atoms with Crippen LogP contribution in [0.4, 0.5) is 0 Å². The number of β-amino-alcohol motifs (C(OH)–C–C–N with tert-alkyl or cyclic N) is 1. The summed E-state index contributed by atoms with van der Waals surface area (Å²) in [4.78, 5) is 2.12. The molecule has 0 aromatic heterocycles. The third-order valence-electron chi connectivity index (χ3n) is 6.28. The molecule has 2 aliphatic heterocycles. The second-order valence-corrected chi connectivity index (χ2v) is 10.3. The van der Waals surface area contributed by atoms with E-state index in [1.807, 2.05) is 6.07 Å². The van der Waals surface area contributed by atoms with Crippen molar-refractivity contribution in [2.75, 3.05) is 52.4 Å². The van der Waals surface area contributed by atoms with Gasteiger partial charge in [-0.15, -0.1) is 0 Å². The molecule has 8 heteroatoms. The Kier molecular flexibility index (Phi) is 6.76. The lowest BCUT2D eigenvalue weighted by Gasteiger charge is -2.38. The predicted octanol–water partition coefficient (Wildman–Crippen LogP) is 1.26. The van der Waals surface area contributed by atoms with Gasteiger partial charge in [0.05, 0.1) is 0 Å². The summed E-state index contributed by atoms with van der Waals surface area (Å²) < 4.78 is 34.6. The van der Waals surface area contributed by atoms with Gasteiger partial charge >= 0.3 is 0 Å². The van der Waals surface area contributed by atoms with Gasteiger partial charge in [-0.25, -0.2) is 0 Å². The summed E-state index contributed by atoms with van der Waals surface area (Å²) in [6.45, 7) is 4.29. The van der Waals surface area contributed by atoms with Crippen molar-refractivity contribution in [3.8, 4) is 5.75 Å². The van der Waals surface area contributed by atoms with Crippen LogP contribution in [0.5, 0.6) is 5.75 Å². The first kappa shape index (κ1) is 21.1. The van der Waals surface area contributed by atoms with Crippen LogP contribution in [0, 0.1) is 0 Å². The Morgan fingerprint density at radius 3 is 2.34 bits per heavy atom. The highest BCUT2D eigenvalue weighted by atomic mass is 32.2. The van der Waals surface area contributed by atoms with E-state index in [2.05, 4.69) is 17.0 Å². The van der Waals surface area contributed by atoms with Crippen molar-refractivity contribution in [3.05, 3.63) is 29.3 Å². The number of hydrogen-bond donors (Lipinski definition) is 1. The summed E-state index contributed by atoms with van der Waals surface area (Å²) in [5.41, 5.74) is 2.78. The molecular formula is C21H33N3O4S. The van der Waals surface area contributed by atoms with Crippen LogP contribution in [0.3, 0.4) is 0 Å². The molecule has 7 nitrogen and oxygen atoms in total. The van der Waals surface area contributed by atoms with Gasteiger partial charge < -0.3 is 9.84 Å². The van der Waals surface area contributed by atoms with E-state index in [0.717, 1.165) is 37.9 Å². The minimum atomic E-state index is -3.34. The van der Waals surface area contributed by atoms with Crippen LogP contribution in [0.25, 0.3) is 0 Å². The standard InChI is InChI=1S/C21H33N3O4S/c25-20(17-28-21-8-7-18-5-4-6-19(18)15-21)16-22-11-13-24(14-12-22)29(26,27)23-9-2-1-3-10-23/h7-8,15,20,25H,1-6,9-14,16-17H2/t20-/m0/s1. The maximum absolute atomic E-state index is 12.8. The Bertz CT molecular complexity index is 787. The Morgan fingerprint density at radius 2 is 1.59 bits per heavy atom. The SMILES string of the molecule is O=S(=O)(N1CCCCC1)N1CCN(C[C@H](O)COc2ccc3c(c2)CCC3)CC1. The van der Waals surface area contributed by atoms with Crippen LogP contribution in [-0.4, -0.2) is 85.6 Å². The first-order valence-corrected chi connectivity index (χ1v) is 12.3. The second-order valence-electron chi connectivity index (χ2n) is 8.42. The van der Waals surface area contributed by atoms with E-state index >= 15 is 0 Å². The second kappa shape index (κ2) is 9.31. The maximum Gasteiger partial charge on any atom is 0.282 e. The van der Waals surface area contributed by atoms with Crippen LogP contribution in [0.2, 0.25) is 0 Å². The molecule has 0 saturated carbocycles. The Morgan fingerprint density at radius 1 is 0.897 bits per heavy atom. The van der Waals surface area contributed by atoms with E-state index in [4.69, 9.17) is 4.74 Å². The highest BCUT2D eigenvalue weighted by Gasteiger charge is 2.33. The molecule has 0 unspecified atom stereocenters. The summed E-state index contributed by atoms with van der Waals surface area (Å²) in [5, 5.41) is 10.4. The number of piperazine rings is 1. The molecule has 2 heterocycles. The monoisotopic (exact) mass is 423 g/mol. The van der Waals surface area contributed by atoms with Crippen molar-refractivity contribution in [1.29, 1.82) is 0 Å². The number of hydrogen-bond acceptors (Lipinski definition) is 5. The van der Waals surface area contributed by atoms with Gasteiger partial charge in [0, 0.05) is 45.8 Å². The summed E-state index contributed by atoms with van der Waals surface area (Å²) in [6, 6.07) is 6.21. The Labute approximate surface area is 174 Å². The smallest absolute Gasteiger partial charge is 0.282 e. The maximum atomic E-state index is 12.8. The summed E-state index contributed by atoms with van der Waals surface area (Å²) >= 11 is 0. The molecule has 1 aromatic carbocycles. The molecule has 0 amide bonds. The average Bonchev–Trinajstić information content (AvgIpc) is 3.21. The van der Waals surface area contributed by atoms with E-state index in [1.165, 1.54) is 17.5 Å². The van der Waals surface area contributed by atoms with Crippen molar-refractivity contribution in [1.82, 2.24) is 13.5 Å². The van der Waals surface area contributed by atoms with Gasteiger partial charge in [-0.1, -0.05) is 12.5 Å². The lowest BCUT2D eigenvalue weighted by Crippen LogP contribution is -2.54. The number of ether oxygens (including phenoxy) is 1. The zero-order valence-electron chi connectivity index (χ0n) is 17.1. The molecule has 4 rings (SSSR count). The molecule has 29 heavy (non-hydrogen) atoms. The first-order valence-electron chi connectivity index (χ1n) is 10.9. The first-order chi connectivity index (χ1) is 14.0. The minimum Gasteiger partial charge on any atom is -0.491 e. The molecule has 0 spiro atoms. The third-order valence-corrected chi connectivity index (χ3v) is 8.32. The number of piperidine rings is 1. The van der Waals surface area contributed by atoms with Crippen molar-refractivity contribution < 1.29 is 18.3 Å². The highest BCUT2D eigenvalue weighted by Crippen LogP contribution is 2.26. The molecule has 2 fully saturated rings. The molecule has 0 radical (unpaired) electrons. The molecule has 1 N–H and O–H groups in total. The molecular weight excluding hydrogens is 390 g/mol. The van der Waals surface area contributed by atoms with Crippen molar-refractivity contribution >= 4 is 10.2 Å². The molecule has 1 atom stereocenters. The average molecular weight is 424 g/mol. The van der Waals surface area contributed by atoms with Crippen LogP contribution in [0.15, 0.2) is 18.2 Å². The summed E-state index contributed by atoms with van der Waals surface area (Å²) in [6.07, 6.45) is 5.91. The van der Waals surface area contributed by atoms with Crippen LogP contribution in [-0.2, 0) is 23.1 Å². The van der Waals surface area contributed by atoms with E-state index in [-0.39, 0.29) is 6.61 Å². The normalized spacial score (nSPS) is 23.1. The number of benzene rings is 1. The summed E-state index contributed by atoms with van der Waals surface area (Å²) in [5.74, 6) is 0.821. The van der Waals surface area contributed by atoms with E-state index < -0.39 is 16.3 Å². The lowest BCUT2D eigenvalue weighted by atomic mass is 10.1. The zero-order valence-corrected chi connectivity index (χ0v) is 17.9. The number of rotatable bonds is 7. The van der Waals surface area contributed by atoms with Gasteiger partial charge in [0.25, 0.3) is 10.2 Å². The van der Waals surface area contributed by atoms with E-state index in [1.54, 1.807) is 8.61 Å². The molecule has 0 bridgehead atoms. The third kappa shape index (κ3) is 5.11. The topological polar surface area (TPSA) is 73.3 Å². The minimum absolute atomic E-state index is 0.255. The molecule has 1 aliphatic carbocycles. The van der Waals surface area contributed by atoms with Gasteiger partial charge in [-0.2, -0.15) is 17.0 Å². The molecule has 162 valence electrons. The quantitative estimate of drug-likeness (QED) is 0.715. The number of aliphatic hydroxyl groups excluding tert-OH is 1. The van der Waals surface area contributed by atoms with Crippen LogP contribution in [0.1, 0.15) is 36.8 Å². The van der Waals surface area contributed by atoms with Gasteiger partial charge in [-0.3, -0.25) is 4.90 Å². The fraction of sp³-hybridized carbons (Fsp3) is 0.714. The highest BCUT2D eigenvalue weighted by molar-refractivity contribution is 7.86.